The largest absolute Gasteiger partial charge is 0.454 e. The number of nitrogens with one attached hydrogen (secondary N) is 1. The van der Waals surface area contributed by atoms with Gasteiger partial charge >= 0.3 is 5.97 Å². The van der Waals surface area contributed by atoms with Crippen molar-refractivity contribution in [3.63, 3.8) is 0 Å². The molecule has 0 aliphatic carbocycles. The number of piperazine rings is 1. The molecular weight excluding hydrogens is 406 g/mol. The number of hydrogen-bond donors (Lipinski definition) is 1. The molecule has 2 heterocycles. The molecule has 1 saturated heterocycles. The number of esters is 1. The fourth-order valence-corrected chi connectivity index (χ4v) is 4.24. The van der Waals surface area contributed by atoms with Crippen molar-refractivity contribution in [3.05, 3.63) is 70.8 Å². The first-order chi connectivity index (χ1) is 15.4. The molecule has 2 aliphatic heterocycles. The maximum absolute atomic E-state index is 13.1. The van der Waals surface area contributed by atoms with Crippen molar-refractivity contribution in [2.75, 3.05) is 32.7 Å². The lowest BCUT2D eigenvalue weighted by Gasteiger charge is -2.34. The summed E-state index contributed by atoms with van der Waals surface area (Å²) in [4.78, 5) is 41.4. The van der Waals surface area contributed by atoms with Crippen LogP contribution in [0.4, 0.5) is 0 Å². The average Bonchev–Trinajstić information content (AvgIpc) is 2.78. The van der Waals surface area contributed by atoms with Crippen LogP contribution in [0.3, 0.4) is 0 Å². The van der Waals surface area contributed by atoms with Crippen molar-refractivity contribution in [2.45, 2.75) is 32.4 Å². The molecule has 4 rings (SSSR count). The number of fused-ring (bicyclic) bond motifs is 1. The van der Waals surface area contributed by atoms with E-state index in [9.17, 15) is 14.4 Å². The monoisotopic (exact) mass is 435 g/mol. The first kappa shape index (κ1) is 22.0. The Kier molecular flexibility index (Phi) is 6.55. The van der Waals surface area contributed by atoms with Crippen LogP contribution in [-0.4, -0.2) is 66.3 Å². The van der Waals surface area contributed by atoms with E-state index in [2.05, 4.69) is 10.2 Å². The standard InChI is InChI=1S/C25H29N3O4/c1-17(2)26-23(29)16-27-10-12-28(13-11-27)24(30)19-8-9-21-20(14-19)15-22(32-25(21)31)18-6-4-3-5-7-18/h3-9,14,17,22H,10-13,15-16H2,1-2H3,(H,26,29). The number of carbonyl (C=O) groups is 3. The first-order valence-corrected chi connectivity index (χ1v) is 11.1. The van der Waals surface area contributed by atoms with Crippen LogP contribution < -0.4 is 5.32 Å². The van der Waals surface area contributed by atoms with Gasteiger partial charge in [0.2, 0.25) is 5.91 Å². The van der Waals surface area contributed by atoms with Gasteiger partial charge in [-0.1, -0.05) is 30.3 Å². The number of hydrogen-bond acceptors (Lipinski definition) is 5. The van der Waals surface area contributed by atoms with Gasteiger partial charge in [0.15, 0.2) is 0 Å². The lowest BCUT2D eigenvalue weighted by Crippen LogP contribution is -2.51. The number of cyclic esters (lactones) is 1. The average molecular weight is 436 g/mol. The minimum Gasteiger partial charge on any atom is -0.454 e. The van der Waals surface area contributed by atoms with Crippen LogP contribution in [0.2, 0.25) is 0 Å². The molecule has 0 bridgehead atoms. The summed E-state index contributed by atoms with van der Waals surface area (Å²) in [5.41, 5.74) is 2.89. The molecule has 2 aromatic carbocycles. The van der Waals surface area contributed by atoms with Crippen molar-refractivity contribution in [1.29, 1.82) is 0 Å². The molecule has 1 N–H and O–H groups in total. The zero-order valence-corrected chi connectivity index (χ0v) is 18.5. The quantitative estimate of drug-likeness (QED) is 0.730. The number of rotatable bonds is 5. The van der Waals surface area contributed by atoms with Crippen LogP contribution in [-0.2, 0) is 16.0 Å². The summed E-state index contributed by atoms with van der Waals surface area (Å²) in [6, 6.07) is 15.0. The molecule has 168 valence electrons. The fourth-order valence-electron chi connectivity index (χ4n) is 4.24. The number of nitrogens with zero attached hydrogens (tertiary/aromatic N) is 2. The number of benzene rings is 2. The summed E-state index contributed by atoms with van der Waals surface area (Å²) in [7, 11) is 0. The van der Waals surface area contributed by atoms with Crippen molar-refractivity contribution < 1.29 is 19.1 Å². The van der Waals surface area contributed by atoms with Gasteiger partial charge in [-0.05, 0) is 43.2 Å². The third-order valence-electron chi connectivity index (χ3n) is 5.87. The number of amides is 2. The van der Waals surface area contributed by atoms with Crippen molar-refractivity contribution in [2.24, 2.45) is 0 Å². The van der Waals surface area contributed by atoms with E-state index in [1.807, 2.05) is 55.1 Å². The Morgan fingerprint density at radius 2 is 1.78 bits per heavy atom. The van der Waals surface area contributed by atoms with E-state index < -0.39 is 0 Å². The molecule has 0 spiro atoms. The fraction of sp³-hybridized carbons (Fsp3) is 0.400. The molecule has 1 atom stereocenters. The van der Waals surface area contributed by atoms with Crippen LogP contribution in [0, 0.1) is 0 Å². The summed E-state index contributed by atoms with van der Waals surface area (Å²) >= 11 is 0. The predicted molar refractivity (Wildman–Crippen MR) is 120 cm³/mol. The number of ether oxygens (including phenoxy) is 1. The van der Waals surface area contributed by atoms with Crippen LogP contribution in [0.15, 0.2) is 48.5 Å². The molecule has 0 radical (unpaired) electrons. The van der Waals surface area contributed by atoms with Crippen molar-refractivity contribution >= 4 is 17.8 Å². The molecule has 0 saturated carbocycles. The van der Waals surface area contributed by atoms with E-state index in [4.69, 9.17) is 4.74 Å². The summed E-state index contributed by atoms with van der Waals surface area (Å²) in [5, 5.41) is 2.90. The zero-order valence-electron chi connectivity index (χ0n) is 18.5. The highest BCUT2D eigenvalue weighted by molar-refractivity contribution is 5.98. The Hall–Kier alpha value is -3.19. The molecule has 32 heavy (non-hydrogen) atoms. The van der Waals surface area contributed by atoms with Gasteiger partial charge in [-0.25, -0.2) is 4.79 Å². The minimum absolute atomic E-state index is 0.00863. The van der Waals surface area contributed by atoms with Gasteiger partial charge in [-0.3, -0.25) is 14.5 Å². The normalized spacial score (nSPS) is 18.8. The van der Waals surface area contributed by atoms with Gasteiger partial charge < -0.3 is 15.0 Å². The maximum atomic E-state index is 13.1. The van der Waals surface area contributed by atoms with Crippen molar-refractivity contribution in [3.8, 4) is 0 Å². The molecule has 1 fully saturated rings. The highest BCUT2D eigenvalue weighted by atomic mass is 16.5. The Labute approximate surface area is 188 Å². The topological polar surface area (TPSA) is 79.0 Å². The Morgan fingerprint density at radius 1 is 1.06 bits per heavy atom. The van der Waals surface area contributed by atoms with E-state index >= 15 is 0 Å². The van der Waals surface area contributed by atoms with Gasteiger partial charge in [0.1, 0.15) is 6.10 Å². The van der Waals surface area contributed by atoms with Crippen LogP contribution >= 0.6 is 0 Å². The highest BCUT2D eigenvalue weighted by Gasteiger charge is 2.29. The van der Waals surface area contributed by atoms with Gasteiger partial charge in [0.25, 0.3) is 5.91 Å². The van der Waals surface area contributed by atoms with Crippen molar-refractivity contribution in [1.82, 2.24) is 15.1 Å². The highest BCUT2D eigenvalue weighted by Crippen LogP contribution is 2.31. The molecular formula is C25H29N3O4. The summed E-state index contributed by atoms with van der Waals surface area (Å²) in [6.07, 6.45) is 0.201. The van der Waals surface area contributed by atoms with Gasteiger partial charge in [-0.15, -0.1) is 0 Å². The van der Waals surface area contributed by atoms with Crippen LogP contribution in [0.25, 0.3) is 0 Å². The molecule has 7 nitrogen and oxygen atoms in total. The zero-order chi connectivity index (χ0) is 22.7. The van der Waals surface area contributed by atoms with E-state index in [0.29, 0.717) is 50.3 Å². The SMILES string of the molecule is CC(C)NC(=O)CN1CCN(C(=O)c2ccc3c(c2)CC(c2ccccc2)OC3=O)CC1. The van der Waals surface area contributed by atoms with E-state index in [0.717, 1.165) is 11.1 Å². The second-order valence-corrected chi connectivity index (χ2v) is 8.67. The van der Waals surface area contributed by atoms with Crippen LogP contribution in [0.1, 0.15) is 51.8 Å². The molecule has 1 unspecified atom stereocenters. The summed E-state index contributed by atoms with van der Waals surface area (Å²) < 4.78 is 5.61. The lowest BCUT2D eigenvalue weighted by molar-refractivity contribution is -0.123. The third kappa shape index (κ3) is 4.99. The Bertz CT molecular complexity index is 998. The Morgan fingerprint density at radius 3 is 2.47 bits per heavy atom. The summed E-state index contributed by atoms with van der Waals surface area (Å²) in [5.74, 6) is -0.393. The molecule has 2 aliphatic rings. The second kappa shape index (κ2) is 9.53. The third-order valence-corrected chi connectivity index (χ3v) is 5.87. The van der Waals surface area contributed by atoms with E-state index in [1.54, 1.807) is 12.1 Å². The first-order valence-electron chi connectivity index (χ1n) is 11.1. The van der Waals surface area contributed by atoms with Gasteiger partial charge in [0.05, 0.1) is 12.1 Å². The molecule has 0 aromatic heterocycles. The molecule has 7 heteroatoms. The molecule has 2 amide bonds. The second-order valence-electron chi connectivity index (χ2n) is 8.67. The van der Waals surface area contributed by atoms with Gasteiger partial charge in [-0.2, -0.15) is 0 Å². The summed E-state index contributed by atoms with van der Waals surface area (Å²) in [6.45, 7) is 6.68. The predicted octanol–water partition coefficient (Wildman–Crippen LogP) is 2.42. The smallest absolute Gasteiger partial charge is 0.339 e. The molecule has 2 aromatic rings. The Balaban J connectivity index is 1.40. The van der Waals surface area contributed by atoms with E-state index in [1.165, 1.54) is 0 Å². The number of carbonyl (C=O) groups excluding carboxylic acids is 3. The lowest BCUT2D eigenvalue weighted by atomic mass is 9.93. The maximum Gasteiger partial charge on any atom is 0.339 e. The van der Waals surface area contributed by atoms with E-state index in [-0.39, 0.29) is 29.9 Å². The van der Waals surface area contributed by atoms with Crippen LogP contribution in [0.5, 0.6) is 0 Å². The van der Waals surface area contributed by atoms with Gasteiger partial charge in [0, 0.05) is 44.2 Å². The minimum atomic E-state index is -0.354.